The smallest absolute Gasteiger partial charge is 0.250 e. The molecule has 3 N–H and O–H groups in total. The van der Waals surface area contributed by atoms with E-state index < -0.39 is 5.91 Å². The summed E-state index contributed by atoms with van der Waals surface area (Å²) in [5, 5.41) is 11.9. The Morgan fingerprint density at radius 2 is 1.79 bits per heavy atom. The van der Waals surface area contributed by atoms with Gasteiger partial charge < -0.3 is 20.4 Å². The summed E-state index contributed by atoms with van der Waals surface area (Å²) in [6.45, 7) is 11.1. The number of aromatic nitrogens is 3. The topological polar surface area (TPSA) is 112 Å². The molecule has 1 heterocycles. The molecule has 0 aliphatic rings. The zero-order chi connectivity index (χ0) is 24.9. The molecule has 2 aromatic carbocycles. The Labute approximate surface area is 204 Å². The molecular weight excluding hydrogens is 450 g/mol. The van der Waals surface area contributed by atoms with Gasteiger partial charge in [0.15, 0.2) is 17.1 Å². The van der Waals surface area contributed by atoms with Crippen LogP contribution in [0.4, 0.5) is 5.69 Å². The van der Waals surface area contributed by atoms with Crippen molar-refractivity contribution >= 4 is 29.3 Å². The molecule has 1 aromatic heterocycles. The van der Waals surface area contributed by atoms with Gasteiger partial charge in [0.1, 0.15) is 5.75 Å². The van der Waals surface area contributed by atoms with Crippen molar-refractivity contribution in [1.82, 2.24) is 14.8 Å². The summed E-state index contributed by atoms with van der Waals surface area (Å²) in [6.07, 6.45) is -0.321. The van der Waals surface area contributed by atoms with Crippen molar-refractivity contribution < 1.29 is 14.3 Å². The molecule has 0 aliphatic carbocycles. The molecule has 0 radical (unpaired) electrons. The third-order valence-electron chi connectivity index (χ3n) is 5.26. The lowest BCUT2D eigenvalue weighted by molar-refractivity contribution is -0.113. The number of hydrogen-bond donors (Lipinski definition) is 2. The normalized spacial score (nSPS) is 12.3. The van der Waals surface area contributed by atoms with Gasteiger partial charge in [-0.3, -0.25) is 9.59 Å². The Hall–Kier alpha value is -3.33. The molecule has 0 bridgehead atoms. The summed E-state index contributed by atoms with van der Waals surface area (Å²) in [5.41, 5.74) is 7.34. The van der Waals surface area contributed by atoms with Gasteiger partial charge in [-0.1, -0.05) is 56.8 Å². The van der Waals surface area contributed by atoms with Gasteiger partial charge in [0, 0.05) is 6.54 Å². The van der Waals surface area contributed by atoms with Crippen LogP contribution < -0.4 is 15.8 Å². The van der Waals surface area contributed by atoms with Crippen LogP contribution in [0.5, 0.6) is 5.75 Å². The van der Waals surface area contributed by atoms with Crippen molar-refractivity contribution in [2.24, 2.45) is 5.73 Å². The summed E-state index contributed by atoms with van der Waals surface area (Å²) < 4.78 is 8.04. The Kier molecular flexibility index (Phi) is 7.98. The number of nitrogens with two attached hydrogens (primary N) is 1. The highest BCUT2D eigenvalue weighted by molar-refractivity contribution is 7.99. The van der Waals surface area contributed by atoms with Crippen LogP contribution in [0.3, 0.4) is 0 Å². The van der Waals surface area contributed by atoms with Crippen LogP contribution in [-0.4, -0.2) is 32.3 Å². The molecule has 0 saturated heterocycles. The number of amides is 2. The van der Waals surface area contributed by atoms with Crippen molar-refractivity contribution in [2.75, 3.05) is 11.1 Å². The summed E-state index contributed by atoms with van der Waals surface area (Å²) in [4.78, 5) is 24.0. The fourth-order valence-electron chi connectivity index (χ4n) is 3.42. The highest BCUT2D eigenvalue weighted by atomic mass is 32.2. The number of primary amides is 1. The lowest BCUT2D eigenvalue weighted by atomic mass is 9.87. The molecule has 0 fully saturated rings. The van der Waals surface area contributed by atoms with E-state index in [1.165, 1.54) is 17.3 Å². The van der Waals surface area contributed by atoms with Crippen LogP contribution in [0.25, 0.3) is 0 Å². The molecule has 0 spiro atoms. The fourth-order valence-corrected chi connectivity index (χ4v) is 4.23. The molecular formula is C25H31N5O3S. The molecule has 0 aliphatic heterocycles. The molecule has 3 rings (SSSR count). The number of nitrogens with zero attached hydrogens (tertiary/aromatic N) is 3. The highest BCUT2D eigenvalue weighted by Gasteiger charge is 2.20. The Bertz CT molecular complexity index is 1150. The minimum absolute atomic E-state index is 0.0763. The number of anilines is 1. The average Bonchev–Trinajstić information content (AvgIpc) is 3.21. The largest absolute Gasteiger partial charge is 0.483 e. The zero-order valence-electron chi connectivity index (χ0n) is 20.2. The third-order valence-corrected chi connectivity index (χ3v) is 6.22. The molecule has 9 heteroatoms. The Balaban J connectivity index is 1.64. The third kappa shape index (κ3) is 6.17. The quantitative estimate of drug-likeness (QED) is 0.433. The number of thioether (sulfide) groups is 1. The molecule has 2 amide bonds. The number of ether oxygens (including phenoxy) is 1. The Morgan fingerprint density at radius 1 is 1.12 bits per heavy atom. The molecule has 34 heavy (non-hydrogen) atoms. The lowest BCUT2D eigenvalue weighted by Gasteiger charge is -2.20. The number of nitrogens with one attached hydrogen (secondary N) is 1. The lowest BCUT2D eigenvalue weighted by Crippen LogP contribution is -2.19. The predicted octanol–water partition coefficient (Wildman–Crippen LogP) is 4.57. The molecule has 8 nitrogen and oxygen atoms in total. The first kappa shape index (κ1) is 25.3. The zero-order valence-corrected chi connectivity index (χ0v) is 21.0. The summed E-state index contributed by atoms with van der Waals surface area (Å²) in [7, 11) is 0. The predicted molar refractivity (Wildman–Crippen MR) is 134 cm³/mol. The molecule has 180 valence electrons. The van der Waals surface area contributed by atoms with Gasteiger partial charge in [-0.15, -0.1) is 10.2 Å². The standard InChI is InChI=1S/C25H31N5O3S/c1-6-30-23(16(2)33-18-13-11-17(12-14-18)25(3,4)5)28-29-24(30)34-15-21(31)27-20-10-8-7-9-19(20)22(26)32/h7-14,16H,6,15H2,1-5H3,(H2,26,32)(H,27,31). The molecule has 3 aromatic rings. The second kappa shape index (κ2) is 10.7. The number of para-hydroxylation sites is 1. The number of carbonyl (C=O) groups is 2. The first-order valence-corrected chi connectivity index (χ1v) is 12.1. The van der Waals surface area contributed by atoms with Crippen LogP contribution in [-0.2, 0) is 16.8 Å². The number of rotatable bonds is 9. The molecule has 1 unspecified atom stereocenters. The SMILES string of the molecule is CCn1c(SCC(=O)Nc2ccccc2C(N)=O)nnc1C(C)Oc1ccc(C(C)(C)C)cc1. The summed E-state index contributed by atoms with van der Waals surface area (Å²) in [6, 6.07) is 14.7. The van der Waals surface area contributed by atoms with Crippen LogP contribution >= 0.6 is 11.8 Å². The molecule has 1 atom stereocenters. The van der Waals surface area contributed by atoms with Crippen molar-refractivity contribution in [3.05, 3.63) is 65.5 Å². The van der Waals surface area contributed by atoms with E-state index >= 15 is 0 Å². The van der Waals surface area contributed by atoms with Crippen molar-refractivity contribution in [1.29, 1.82) is 0 Å². The van der Waals surface area contributed by atoms with Gasteiger partial charge in [0.2, 0.25) is 5.91 Å². The average molecular weight is 482 g/mol. The minimum atomic E-state index is -0.596. The van der Waals surface area contributed by atoms with E-state index in [1.807, 2.05) is 30.5 Å². The van der Waals surface area contributed by atoms with E-state index in [0.29, 0.717) is 23.2 Å². The fraction of sp³-hybridized carbons (Fsp3) is 0.360. The summed E-state index contributed by atoms with van der Waals surface area (Å²) >= 11 is 1.27. The number of benzene rings is 2. The van der Waals surface area contributed by atoms with Gasteiger partial charge in [-0.2, -0.15) is 0 Å². The number of hydrogen-bond acceptors (Lipinski definition) is 6. The first-order chi connectivity index (χ1) is 16.1. The van der Waals surface area contributed by atoms with Crippen molar-refractivity contribution in [3.63, 3.8) is 0 Å². The minimum Gasteiger partial charge on any atom is -0.483 e. The second-order valence-corrected chi connectivity index (χ2v) is 9.81. The van der Waals surface area contributed by atoms with Crippen LogP contribution in [0.2, 0.25) is 0 Å². The maximum Gasteiger partial charge on any atom is 0.250 e. The Morgan fingerprint density at radius 3 is 2.41 bits per heavy atom. The first-order valence-electron chi connectivity index (χ1n) is 11.1. The highest BCUT2D eigenvalue weighted by Crippen LogP contribution is 2.28. The van der Waals surface area contributed by atoms with Gasteiger partial charge in [-0.05, 0) is 49.1 Å². The molecule has 0 saturated carbocycles. The van der Waals surface area contributed by atoms with Gasteiger partial charge >= 0.3 is 0 Å². The summed E-state index contributed by atoms with van der Waals surface area (Å²) in [5.74, 6) is 0.682. The van der Waals surface area contributed by atoms with Crippen molar-refractivity contribution in [2.45, 2.75) is 57.8 Å². The van der Waals surface area contributed by atoms with E-state index in [-0.39, 0.29) is 28.7 Å². The van der Waals surface area contributed by atoms with E-state index in [0.717, 1.165) is 5.75 Å². The van der Waals surface area contributed by atoms with Gasteiger partial charge in [-0.25, -0.2) is 0 Å². The maximum absolute atomic E-state index is 12.5. The van der Waals surface area contributed by atoms with Crippen LogP contribution in [0.15, 0.2) is 53.7 Å². The second-order valence-electron chi connectivity index (χ2n) is 8.87. The van der Waals surface area contributed by atoms with Crippen molar-refractivity contribution in [3.8, 4) is 5.75 Å². The monoisotopic (exact) mass is 481 g/mol. The van der Waals surface area contributed by atoms with E-state index in [4.69, 9.17) is 10.5 Å². The van der Waals surface area contributed by atoms with E-state index in [1.54, 1.807) is 24.3 Å². The van der Waals surface area contributed by atoms with Crippen LogP contribution in [0, 0.1) is 0 Å². The van der Waals surface area contributed by atoms with Gasteiger partial charge in [0.25, 0.3) is 5.91 Å². The van der Waals surface area contributed by atoms with E-state index in [9.17, 15) is 9.59 Å². The van der Waals surface area contributed by atoms with Crippen LogP contribution in [0.1, 0.15) is 62.5 Å². The number of carbonyl (C=O) groups excluding carboxylic acids is 2. The van der Waals surface area contributed by atoms with Gasteiger partial charge in [0.05, 0.1) is 17.0 Å². The maximum atomic E-state index is 12.5. The van der Waals surface area contributed by atoms with E-state index in [2.05, 4.69) is 48.4 Å².